The van der Waals surface area contributed by atoms with Crippen molar-refractivity contribution in [1.82, 2.24) is 24.0 Å². The minimum atomic E-state index is -3.19. The van der Waals surface area contributed by atoms with Crippen molar-refractivity contribution in [3.8, 4) is 0 Å². The van der Waals surface area contributed by atoms with Crippen LogP contribution in [0.4, 0.5) is 0 Å². The van der Waals surface area contributed by atoms with Gasteiger partial charge in [-0.25, -0.2) is 12.7 Å². The number of carbonyl (C=O) groups excluding carboxylic acids is 1. The van der Waals surface area contributed by atoms with Gasteiger partial charge in [-0.15, -0.1) is 10.2 Å². The third kappa shape index (κ3) is 4.97. The molecule has 1 saturated heterocycles. The lowest BCUT2D eigenvalue weighted by atomic mass is 9.86. The predicted molar refractivity (Wildman–Crippen MR) is 119 cm³/mol. The molecule has 2 fully saturated rings. The number of hydrogen-bond acceptors (Lipinski definition) is 5. The first-order chi connectivity index (χ1) is 14.9. The first kappa shape index (κ1) is 22.7. The Bertz CT molecular complexity index is 868. The topological polar surface area (TPSA) is 88.4 Å². The maximum atomic E-state index is 12.8. The van der Waals surface area contributed by atoms with E-state index in [1.165, 1.54) is 32.1 Å². The largest absolute Gasteiger partial charge is 0.333 e. The van der Waals surface area contributed by atoms with Gasteiger partial charge in [0.25, 0.3) is 0 Å². The van der Waals surface area contributed by atoms with Crippen molar-refractivity contribution in [2.75, 3.05) is 19.6 Å². The highest BCUT2D eigenvalue weighted by atomic mass is 32.2. The van der Waals surface area contributed by atoms with Gasteiger partial charge in [0.05, 0.1) is 11.8 Å². The molecule has 2 aliphatic heterocycles. The summed E-state index contributed by atoms with van der Waals surface area (Å²) in [5, 5.41) is 8.48. The minimum absolute atomic E-state index is 0.230. The number of piperidine rings is 1. The van der Waals surface area contributed by atoms with Gasteiger partial charge in [0.1, 0.15) is 5.82 Å². The van der Waals surface area contributed by atoms with Gasteiger partial charge in [-0.05, 0) is 39.0 Å². The highest BCUT2D eigenvalue weighted by Gasteiger charge is 2.34. The van der Waals surface area contributed by atoms with Crippen LogP contribution in [0.2, 0.25) is 0 Å². The molecule has 174 valence electrons. The fraction of sp³-hybridized carbons (Fsp3) is 0.864. The van der Waals surface area contributed by atoms with E-state index in [-0.39, 0.29) is 17.1 Å². The Hall–Kier alpha value is -1.48. The highest BCUT2D eigenvalue weighted by Crippen LogP contribution is 2.31. The van der Waals surface area contributed by atoms with Crippen molar-refractivity contribution in [3.63, 3.8) is 0 Å². The molecular formula is C22H37N5O3S. The van der Waals surface area contributed by atoms with Gasteiger partial charge in [-0.3, -0.25) is 4.79 Å². The lowest BCUT2D eigenvalue weighted by Gasteiger charge is -2.33. The molecule has 0 atom stereocenters. The lowest BCUT2D eigenvalue weighted by Crippen LogP contribution is -2.42. The fourth-order valence-electron chi connectivity index (χ4n) is 5.32. The van der Waals surface area contributed by atoms with E-state index in [4.69, 9.17) is 0 Å². The van der Waals surface area contributed by atoms with E-state index in [1.54, 1.807) is 18.2 Å². The summed E-state index contributed by atoms with van der Waals surface area (Å²) in [5.41, 5.74) is 0. The summed E-state index contributed by atoms with van der Waals surface area (Å²) in [6, 6.07) is 0. The first-order valence-electron chi connectivity index (χ1n) is 12.0. The van der Waals surface area contributed by atoms with E-state index in [9.17, 15) is 13.2 Å². The average molecular weight is 452 g/mol. The van der Waals surface area contributed by atoms with E-state index in [2.05, 4.69) is 14.8 Å². The smallest absolute Gasteiger partial charge is 0.223 e. The number of carbonyl (C=O) groups is 1. The molecule has 9 heteroatoms. The Kier molecular flexibility index (Phi) is 7.01. The van der Waals surface area contributed by atoms with Crippen LogP contribution in [0.3, 0.4) is 0 Å². The zero-order chi connectivity index (χ0) is 22.0. The number of amides is 1. The quantitative estimate of drug-likeness (QED) is 0.664. The Balaban J connectivity index is 1.32. The van der Waals surface area contributed by atoms with Crippen molar-refractivity contribution < 1.29 is 13.2 Å². The first-order valence-corrected chi connectivity index (χ1v) is 13.5. The maximum absolute atomic E-state index is 12.8. The number of sulfonamides is 1. The van der Waals surface area contributed by atoms with Crippen molar-refractivity contribution >= 4 is 15.9 Å². The third-order valence-electron chi connectivity index (χ3n) is 7.40. The summed E-state index contributed by atoms with van der Waals surface area (Å²) in [7, 11) is -3.19. The van der Waals surface area contributed by atoms with E-state index in [0.717, 1.165) is 43.4 Å². The van der Waals surface area contributed by atoms with Crippen molar-refractivity contribution in [2.45, 2.75) is 95.9 Å². The molecule has 1 aromatic rings. The number of nitrogens with zero attached hydrogens (tertiary/aromatic N) is 5. The van der Waals surface area contributed by atoms with Crippen LogP contribution in [0, 0.1) is 5.92 Å². The Morgan fingerprint density at radius 3 is 2.39 bits per heavy atom. The number of fused-ring (bicyclic) bond motifs is 1. The van der Waals surface area contributed by atoms with E-state index in [1.807, 2.05) is 4.90 Å². The molecule has 1 amide bonds. The Morgan fingerprint density at radius 1 is 1.00 bits per heavy atom. The van der Waals surface area contributed by atoms with Gasteiger partial charge >= 0.3 is 0 Å². The second-order valence-corrected chi connectivity index (χ2v) is 12.2. The summed E-state index contributed by atoms with van der Waals surface area (Å²) in [4.78, 5) is 14.7. The van der Waals surface area contributed by atoms with Crippen molar-refractivity contribution in [2.24, 2.45) is 5.92 Å². The molecule has 31 heavy (non-hydrogen) atoms. The molecule has 0 spiro atoms. The molecule has 1 aromatic heterocycles. The molecule has 1 saturated carbocycles. The molecule has 0 bridgehead atoms. The molecule has 0 radical (unpaired) electrons. The van der Waals surface area contributed by atoms with E-state index < -0.39 is 10.0 Å². The molecule has 8 nitrogen and oxygen atoms in total. The minimum Gasteiger partial charge on any atom is -0.333 e. The van der Waals surface area contributed by atoms with Crippen LogP contribution in [0.25, 0.3) is 0 Å². The summed E-state index contributed by atoms with van der Waals surface area (Å²) >= 11 is 0. The average Bonchev–Trinajstić information content (AvgIpc) is 3.21. The number of hydrogen-bond donors (Lipinski definition) is 0. The van der Waals surface area contributed by atoms with Crippen LogP contribution >= 0.6 is 0 Å². The second kappa shape index (κ2) is 9.57. The summed E-state index contributed by atoms with van der Waals surface area (Å²) in [6.07, 6.45) is 9.75. The Morgan fingerprint density at radius 2 is 1.71 bits per heavy atom. The van der Waals surface area contributed by atoms with Crippen LogP contribution in [-0.2, 0) is 27.9 Å². The van der Waals surface area contributed by atoms with Gasteiger partial charge in [0.2, 0.25) is 15.9 Å². The zero-order valence-electron chi connectivity index (χ0n) is 19.0. The molecule has 3 heterocycles. The van der Waals surface area contributed by atoms with Crippen LogP contribution in [0.5, 0.6) is 0 Å². The highest BCUT2D eigenvalue weighted by molar-refractivity contribution is 7.89. The number of aromatic nitrogens is 3. The number of rotatable bonds is 6. The van der Waals surface area contributed by atoms with Crippen LogP contribution in [0.1, 0.15) is 89.2 Å². The summed E-state index contributed by atoms with van der Waals surface area (Å²) < 4.78 is 28.6. The molecule has 1 aliphatic carbocycles. The molecule has 0 N–H and O–H groups in total. The van der Waals surface area contributed by atoms with Crippen LogP contribution in [-0.4, -0.2) is 63.2 Å². The SMILES string of the molecule is CC(C)S(=O)(=O)N1CCC(c2nnc3n2CCN(C(=O)CCC2CCCCC2)C3)CC1. The Labute approximate surface area is 186 Å². The fourth-order valence-corrected chi connectivity index (χ4v) is 6.64. The normalized spacial score (nSPS) is 22.1. The van der Waals surface area contributed by atoms with Gasteiger partial charge in [-0.2, -0.15) is 0 Å². The van der Waals surface area contributed by atoms with Crippen molar-refractivity contribution in [3.05, 3.63) is 11.6 Å². The molecule has 4 rings (SSSR count). The molecular weight excluding hydrogens is 414 g/mol. The second-order valence-electron chi connectivity index (χ2n) is 9.75. The zero-order valence-corrected chi connectivity index (χ0v) is 19.8. The summed E-state index contributed by atoms with van der Waals surface area (Å²) in [5.74, 6) is 3.03. The molecule has 0 aromatic carbocycles. The standard InChI is InChI=1S/C22H37N5O3S/c1-17(2)31(29,30)26-12-10-19(11-13-26)22-24-23-20-16-25(14-15-27(20)22)21(28)9-8-18-6-4-3-5-7-18/h17-19H,3-16H2,1-2H3. The van der Waals surface area contributed by atoms with Crippen LogP contribution < -0.4 is 0 Å². The van der Waals surface area contributed by atoms with Gasteiger partial charge in [0.15, 0.2) is 5.82 Å². The molecule has 0 unspecified atom stereocenters. The maximum Gasteiger partial charge on any atom is 0.223 e. The molecule has 3 aliphatic rings. The third-order valence-corrected chi connectivity index (χ3v) is 9.68. The van der Waals surface area contributed by atoms with Crippen molar-refractivity contribution in [1.29, 1.82) is 0 Å². The summed E-state index contributed by atoms with van der Waals surface area (Å²) in [6.45, 7) is 6.53. The van der Waals surface area contributed by atoms with Gasteiger partial charge in [0, 0.05) is 38.5 Å². The predicted octanol–water partition coefficient (Wildman–Crippen LogP) is 2.90. The van der Waals surface area contributed by atoms with Gasteiger partial charge in [-0.1, -0.05) is 32.1 Å². The lowest BCUT2D eigenvalue weighted by molar-refractivity contribution is -0.133. The van der Waals surface area contributed by atoms with E-state index in [0.29, 0.717) is 32.6 Å². The van der Waals surface area contributed by atoms with Gasteiger partial charge < -0.3 is 9.47 Å². The van der Waals surface area contributed by atoms with Crippen LogP contribution in [0.15, 0.2) is 0 Å². The van der Waals surface area contributed by atoms with E-state index >= 15 is 0 Å². The monoisotopic (exact) mass is 451 g/mol.